The van der Waals surface area contributed by atoms with Crippen molar-refractivity contribution in [1.82, 2.24) is 0 Å². The second-order valence-corrected chi connectivity index (χ2v) is 2.71. The van der Waals surface area contributed by atoms with Gasteiger partial charge in [-0.05, 0) is 0 Å². The van der Waals surface area contributed by atoms with Gasteiger partial charge in [-0.25, -0.2) is 0 Å². The fraction of sp³-hybridized carbons (Fsp3) is 0.667. The summed E-state index contributed by atoms with van der Waals surface area (Å²) in [7, 11) is 0. The van der Waals surface area contributed by atoms with Crippen LogP contribution in [0.4, 0.5) is 17.6 Å². The van der Waals surface area contributed by atoms with Gasteiger partial charge in [0.05, 0.1) is 5.92 Å². The van der Waals surface area contributed by atoms with Crippen LogP contribution in [-0.4, -0.2) is 11.8 Å². The molecule has 5 heteroatoms. The highest BCUT2D eigenvalue weighted by Gasteiger charge is 2.70. The van der Waals surface area contributed by atoms with Crippen LogP contribution in [0.3, 0.4) is 0 Å². The Hall–Kier alpha value is -0.250. The molecule has 0 aromatic rings. The third-order valence-corrected chi connectivity index (χ3v) is 1.88. The topological polar surface area (TPSA) is 0 Å². The normalized spacial score (nSPS) is 33.7. The van der Waals surface area contributed by atoms with Crippen LogP contribution in [0, 0.1) is 5.92 Å². The maximum absolute atomic E-state index is 12.3. The molecule has 0 bridgehead atoms. The standard InChI is InChI=1S/C6H5ClF4/c7-2-1-4-3-5(8,9)6(4,10)11/h1-2,4H,3H2. The smallest absolute Gasteiger partial charge is 0.200 e. The number of alkyl halides is 4. The molecule has 1 unspecified atom stereocenters. The Kier molecular flexibility index (Phi) is 1.90. The molecule has 0 saturated heterocycles. The Morgan fingerprint density at radius 2 is 1.82 bits per heavy atom. The van der Waals surface area contributed by atoms with E-state index in [1.165, 1.54) is 0 Å². The minimum absolute atomic E-state index is 0.816. The summed E-state index contributed by atoms with van der Waals surface area (Å²) in [6, 6.07) is 0. The SMILES string of the molecule is FC1(F)CC(C=CCl)C1(F)F. The summed E-state index contributed by atoms with van der Waals surface area (Å²) < 4.78 is 48.7. The van der Waals surface area contributed by atoms with Crippen molar-refractivity contribution in [3.8, 4) is 0 Å². The molecule has 1 atom stereocenters. The molecule has 0 amide bonds. The molecule has 0 aliphatic heterocycles. The fourth-order valence-electron chi connectivity index (χ4n) is 0.957. The third kappa shape index (κ3) is 1.13. The van der Waals surface area contributed by atoms with E-state index < -0.39 is 24.2 Å². The summed E-state index contributed by atoms with van der Waals surface area (Å²) >= 11 is 4.97. The van der Waals surface area contributed by atoms with Crippen LogP contribution in [-0.2, 0) is 0 Å². The molecule has 0 nitrogen and oxygen atoms in total. The van der Waals surface area contributed by atoms with Crippen molar-refractivity contribution in [2.75, 3.05) is 0 Å². The lowest BCUT2D eigenvalue weighted by Gasteiger charge is -2.42. The first-order valence-corrected chi connectivity index (χ1v) is 3.38. The van der Waals surface area contributed by atoms with Crippen LogP contribution >= 0.6 is 11.6 Å². The summed E-state index contributed by atoms with van der Waals surface area (Å²) in [5.74, 6) is -9.18. The highest BCUT2D eigenvalue weighted by atomic mass is 35.5. The second-order valence-electron chi connectivity index (χ2n) is 2.46. The predicted octanol–water partition coefficient (Wildman–Crippen LogP) is 3.03. The number of hydrogen-bond donors (Lipinski definition) is 0. The van der Waals surface area contributed by atoms with Gasteiger partial charge >= 0.3 is 11.8 Å². The van der Waals surface area contributed by atoms with Crippen LogP contribution in [0.15, 0.2) is 11.6 Å². The lowest BCUT2D eigenvalue weighted by Crippen LogP contribution is -2.57. The number of hydrogen-bond acceptors (Lipinski definition) is 0. The van der Waals surface area contributed by atoms with E-state index >= 15 is 0 Å². The van der Waals surface area contributed by atoms with Crippen molar-refractivity contribution >= 4 is 11.6 Å². The van der Waals surface area contributed by atoms with Gasteiger partial charge in [0.15, 0.2) is 0 Å². The highest BCUT2D eigenvalue weighted by molar-refractivity contribution is 6.25. The lowest BCUT2D eigenvalue weighted by atomic mass is 9.77. The Labute approximate surface area is 65.8 Å². The van der Waals surface area contributed by atoms with Gasteiger partial charge in [0.2, 0.25) is 0 Å². The van der Waals surface area contributed by atoms with Gasteiger partial charge in [0, 0.05) is 12.0 Å². The summed E-state index contributed by atoms with van der Waals surface area (Å²) in [6.45, 7) is 0. The second kappa shape index (κ2) is 2.37. The van der Waals surface area contributed by atoms with Gasteiger partial charge in [0.1, 0.15) is 0 Å². The van der Waals surface area contributed by atoms with Gasteiger partial charge in [0.25, 0.3) is 0 Å². The summed E-state index contributed by atoms with van der Waals surface area (Å²) in [4.78, 5) is 0. The molecule has 64 valence electrons. The van der Waals surface area contributed by atoms with E-state index in [2.05, 4.69) is 0 Å². The van der Waals surface area contributed by atoms with Gasteiger partial charge in [-0.1, -0.05) is 17.7 Å². The minimum atomic E-state index is -3.92. The zero-order valence-electron chi connectivity index (χ0n) is 5.33. The van der Waals surface area contributed by atoms with E-state index in [0.29, 0.717) is 0 Å². The highest BCUT2D eigenvalue weighted by Crippen LogP contribution is 2.55. The molecule has 0 heterocycles. The predicted molar refractivity (Wildman–Crippen MR) is 33.0 cm³/mol. The van der Waals surface area contributed by atoms with Crippen LogP contribution in [0.25, 0.3) is 0 Å². The van der Waals surface area contributed by atoms with E-state index in [0.717, 1.165) is 11.6 Å². The first kappa shape index (κ1) is 8.84. The van der Waals surface area contributed by atoms with Crippen molar-refractivity contribution in [2.24, 2.45) is 5.92 Å². The molecule has 1 saturated carbocycles. The molecule has 1 rings (SSSR count). The van der Waals surface area contributed by atoms with Crippen molar-refractivity contribution in [1.29, 1.82) is 0 Å². The molecule has 0 radical (unpaired) electrons. The van der Waals surface area contributed by atoms with Crippen molar-refractivity contribution in [3.05, 3.63) is 11.6 Å². The summed E-state index contributed by atoms with van der Waals surface area (Å²) in [5, 5.41) is 0. The maximum Gasteiger partial charge on any atom is 0.316 e. The van der Waals surface area contributed by atoms with Gasteiger partial charge in [-0.3, -0.25) is 0 Å². The average Bonchev–Trinajstić information content (AvgIpc) is 1.87. The van der Waals surface area contributed by atoms with E-state index in [9.17, 15) is 17.6 Å². The minimum Gasteiger partial charge on any atom is -0.200 e. The summed E-state index contributed by atoms with van der Waals surface area (Å²) in [6.07, 6.45) is 0.0716. The van der Waals surface area contributed by atoms with Gasteiger partial charge in [-0.2, -0.15) is 17.6 Å². The molecular formula is C6H5ClF4. The van der Waals surface area contributed by atoms with Crippen LogP contribution in [0.1, 0.15) is 6.42 Å². The molecule has 11 heavy (non-hydrogen) atoms. The van der Waals surface area contributed by atoms with Crippen molar-refractivity contribution < 1.29 is 17.6 Å². The van der Waals surface area contributed by atoms with Crippen molar-refractivity contribution in [3.63, 3.8) is 0 Å². The molecule has 0 aromatic carbocycles. The largest absolute Gasteiger partial charge is 0.316 e. The summed E-state index contributed by atoms with van der Waals surface area (Å²) in [5.41, 5.74) is 0.841. The molecule has 0 aromatic heterocycles. The Bertz CT molecular complexity index is 187. The van der Waals surface area contributed by atoms with Crippen LogP contribution in [0.2, 0.25) is 0 Å². The first-order valence-electron chi connectivity index (χ1n) is 2.94. The molecule has 1 aliphatic rings. The molecule has 0 spiro atoms. The first-order chi connectivity index (χ1) is 4.92. The van der Waals surface area contributed by atoms with Gasteiger partial charge in [-0.15, -0.1) is 0 Å². The molecular weight excluding hydrogens is 184 g/mol. The Balaban J connectivity index is 2.69. The lowest BCUT2D eigenvalue weighted by molar-refractivity contribution is -0.301. The zero-order chi connectivity index (χ0) is 8.70. The van der Waals surface area contributed by atoms with Crippen molar-refractivity contribution in [2.45, 2.75) is 18.3 Å². The third-order valence-electron chi connectivity index (χ3n) is 1.73. The Morgan fingerprint density at radius 3 is 2.09 bits per heavy atom. The number of halogens is 5. The van der Waals surface area contributed by atoms with E-state index in [1.54, 1.807) is 0 Å². The van der Waals surface area contributed by atoms with Gasteiger partial charge < -0.3 is 0 Å². The fourth-order valence-corrected chi connectivity index (χ4v) is 1.13. The monoisotopic (exact) mass is 188 g/mol. The van der Waals surface area contributed by atoms with E-state index in [-0.39, 0.29) is 0 Å². The van der Waals surface area contributed by atoms with Crippen LogP contribution in [0.5, 0.6) is 0 Å². The molecule has 0 N–H and O–H groups in total. The Morgan fingerprint density at radius 1 is 1.27 bits per heavy atom. The quantitative estimate of drug-likeness (QED) is 0.555. The van der Waals surface area contributed by atoms with Crippen LogP contribution < -0.4 is 0 Å². The number of allylic oxidation sites excluding steroid dienone is 1. The number of rotatable bonds is 1. The van der Waals surface area contributed by atoms with E-state index in [1.807, 2.05) is 0 Å². The molecule has 1 aliphatic carbocycles. The zero-order valence-corrected chi connectivity index (χ0v) is 6.08. The maximum atomic E-state index is 12.3. The van der Waals surface area contributed by atoms with E-state index in [4.69, 9.17) is 11.6 Å². The molecule has 1 fully saturated rings. The average molecular weight is 189 g/mol.